The minimum atomic E-state index is -0.379. The zero-order valence-electron chi connectivity index (χ0n) is 13.1. The molecular weight excluding hydrogens is 300 g/mol. The normalized spacial score (nSPS) is 9.33. The Balaban J connectivity index is 0.000000198. The van der Waals surface area contributed by atoms with Crippen LogP contribution in [-0.2, 0) is 4.79 Å². The topological polar surface area (TPSA) is 63.4 Å². The quantitative estimate of drug-likeness (QED) is 0.744. The van der Waals surface area contributed by atoms with Gasteiger partial charge in [0.05, 0.1) is 0 Å². The number of carbonyl (C=O) groups excluding carboxylic acids is 2. The molecule has 0 bridgehead atoms. The SMILES string of the molecule is NC(=O)c1ccccc1.O=CN(c1ccccc1)c1ccccc1. The van der Waals surface area contributed by atoms with E-state index in [-0.39, 0.29) is 5.91 Å². The Morgan fingerprint density at radius 3 is 1.38 bits per heavy atom. The molecule has 0 fully saturated rings. The third kappa shape index (κ3) is 4.81. The van der Waals surface area contributed by atoms with Gasteiger partial charge >= 0.3 is 0 Å². The van der Waals surface area contributed by atoms with Gasteiger partial charge in [-0.05, 0) is 36.4 Å². The first-order valence-corrected chi connectivity index (χ1v) is 7.42. The highest BCUT2D eigenvalue weighted by Gasteiger charge is 2.05. The molecule has 0 aromatic heterocycles. The van der Waals surface area contributed by atoms with E-state index in [1.807, 2.05) is 66.7 Å². The van der Waals surface area contributed by atoms with Crippen LogP contribution >= 0.6 is 0 Å². The smallest absolute Gasteiger partial charge is 0.248 e. The van der Waals surface area contributed by atoms with Gasteiger partial charge in [-0.1, -0.05) is 54.6 Å². The number of rotatable bonds is 4. The van der Waals surface area contributed by atoms with Gasteiger partial charge in [0.25, 0.3) is 0 Å². The van der Waals surface area contributed by atoms with Crippen LogP contribution in [0.15, 0.2) is 91.0 Å². The third-order valence-corrected chi connectivity index (χ3v) is 3.23. The first-order chi connectivity index (χ1) is 11.7. The number of nitrogens with zero attached hydrogens (tertiary/aromatic N) is 1. The van der Waals surface area contributed by atoms with Gasteiger partial charge in [-0.2, -0.15) is 0 Å². The van der Waals surface area contributed by atoms with E-state index >= 15 is 0 Å². The standard InChI is InChI=1S/C13H11NO.C7H7NO/c15-11-14(12-7-3-1-4-8-12)13-9-5-2-6-10-13;8-7(9)6-4-2-1-3-5-6/h1-11H;1-5H,(H2,8,9). The van der Waals surface area contributed by atoms with Crippen LogP contribution in [0, 0.1) is 0 Å². The fourth-order valence-corrected chi connectivity index (χ4v) is 2.05. The fourth-order valence-electron chi connectivity index (χ4n) is 2.05. The lowest BCUT2D eigenvalue weighted by atomic mass is 10.2. The second-order valence-electron chi connectivity index (χ2n) is 4.88. The van der Waals surface area contributed by atoms with Crippen LogP contribution in [0.4, 0.5) is 11.4 Å². The van der Waals surface area contributed by atoms with E-state index in [4.69, 9.17) is 5.73 Å². The minimum Gasteiger partial charge on any atom is -0.366 e. The van der Waals surface area contributed by atoms with Gasteiger partial charge in [0.2, 0.25) is 12.3 Å². The van der Waals surface area contributed by atoms with E-state index in [9.17, 15) is 9.59 Å². The summed E-state index contributed by atoms with van der Waals surface area (Å²) in [6.07, 6.45) is 0.824. The van der Waals surface area contributed by atoms with Gasteiger partial charge in [0.15, 0.2) is 0 Å². The van der Waals surface area contributed by atoms with Gasteiger partial charge in [-0.3, -0.25) is 14.5 Å². The van der Waals surface area contributed by atoms with Gasteiger partial charge < -0.3 is 5.73 Å². The molecule has 0 aliphatic rings. The summed E-state index contributed by atoms with van der Waals surface area (Å²) >= 11 is 0. The Hall–Kier alpha value is -3.40. The molecule has 0 heterocycles. The number of anilines is 2. The van der Waals surface area contributed by atoms with E-state index in [0.29, 0.717) is 5.56 Å². The molecule has 3 aromatic rings. The second-order valence-corrected chi connectivity index (χ2v) is 4.88. The van der Waals surface area contributed by atoms with Crippen molar-refractivity contribution in [2.24, 2.45) is 5.73 Å². The van der Waals surface area contributed by atoms with Gasteiger partial charge in [-0.25, -0.2) is 0 Å². The average Bonchev–Trinajstić information content (AvgIpc) is 2.65. The zero-order valence-corrected chi connectivity index (χ0v) is 13.1. The molecule has 3 rings (SSSR count). The number of amides is 2. The molecule has 0 saturated heterocycles. The Morgan fingerprint density at radius 1 is 0.708 bits per heavy atom. The van der Waals surface area contributed by atoms with Crippen LogP contribution in [0.25, 0.3) is 0 Å². The molecular formula is C20H18N2O2. The minimum absolute atomic E-state index is 0.379. The maximum atomic E-state index is 11.0. The number of benzene rings is 3. The van der Waals surface area contributed by atoms with Crippen molar-refractivity contribution in [1.82, 2.24) is 0 Å². The van der Waals surface area contributed by atoms with Gasteiger partial charge in [0, 0.05) is 16.9 Å². The number of hydrogen-bond donors (Lipinski definition) is 1. The molecule has 0 spiro atoms. The summed E-state index contributed by atoms with van der Waals surface area (Å²) < 4.78 is 0. The molecule has 0 atom stereocenters. The number of para-hydroxylation sites is 2. The zero-order chi connectivity index (χ0) is 17.2. The van der Waals surface area contributed by atoms with Crippen molar-refractivity contribution in [3.63, 3.8) is 0 Å². The van der Waals surface area contributed by atoms with Crippen LogP contribution < -0.4 is 10.6 Å². The van der Waals surface area contributed by atoms with Crippen molar-refractivity contribution in [2.75, 3.05) is 4.90 Å². The Kier molecular flexibility index (Phi) is 6.29. The van der Waals surface area contributed by atoms with Crippen molar-refractivity contribution in [3.05, 3.63) is 96.6 Å². The molecule has 120 valence electrons. The average molecular weight is 318 g/mol. The van der Waals surface area contributed by atoms with Crippen molar-refractivity contribution in [1.29, 1.82) is 0 Å². The molecule has 3 aromatic carbocycles. The molecule has 0 saturated carbocycles. The highest BCUT2D eigenvalue weighted by atomic mass is 16.1. The molecule has 24 heavy (non-hydrogen) atoms. The summed E-state index contributed by atoms with van der Waals surface area (Å²) in [5, 5.41) is 0. The van der Waals surface area contributed by atoms with Crippen molar-refractivity contribution in [2.45, 2.75) is 0 Å². The molecule has 0 unspecified atom stereocenters. The third-order valence-electron chi connectivity index (χ3n) is 3.23. The number of primary amides is 1. The maximum absolute atomic E-state index is 11.0. The van der Waals surface area contributed by atoms with Gasteiger partial charge in [-0.15, -0.1) is 0 Å². The largest absolute Gasteiger partial charge is 0.366 e. The lowest BCUT2D eigenvalue weighted by molar-refractivity contribution is -0.106. The molecule has 0 radical (unpaired) electrons. The van der Waals surface area contributed by atoms with Crippen molar-refractivity contribution >= 4 is 23.7 Å². The number of carbonyl (C=O) groups is 2. The van der Waals surface area contributed by atoms with E-state index < -0.39 is 0 Å². The van der Waals surface area contributed by atoms with Crippen LogP contribution in [0.2, 0.25) is 0 Å². The van der Waals surface area contributed by atoms with Gasteiger partial charge in [0.1, 0.15) is 0 Å². The van der Waals surface area contributed by atoms with Crippen LogP contribution in [0.5, 0.6) is 0 Å². The van der Waals surface area contributed by atoms with E-state index in [1.165, 1.54) is 0 Å². The second kappa shape index (κ2) is 8.90. The molecule has 4 nitrogen and oxygen atoms in total. The van der Waals surface area contributed by atoms with Crippen LogP contribution in [0.3, 0.4) is 0 Å². The van der Waals surface area contributed by atoms with Crippen molar-refractivity contribution < 1.29 is 9.59 Å². The molecule has 4 heteroatoms. The lowest BCUT2D eigenvalue weighted by Gasteiger charge is -2.16. The molecule has 2 N–H and O–H groups in total. The lowest BCUT2D eigenvalue weighted by Crippen LogP contribution is -2.13. The first kappa shape index (κ1) is 17.0. The predicted octanol–water partition coefficient (Wildman–Crippen LogP) is 3.77. The Morgan fingerprint density at radius 2 is 1.08 bits per heavy atom. The highest BCUT2D eigenvalue weighted by molar-refractivity contribution is 5.92. The number of nitrogens with two attached hydrogens (primary N) is 1. The monoisotopic (exact) mass is 318 g/mol. The summed E-state index contributed by atoms with van der Waals surface area (Å²) in [6, 6.07) is 27.9. The summed E-state index contributed by atoms with van der Waals surface area (Å²) in [5.41, 5.74) is 7.28. The Labute approximate surface area is 141 Å². The summed E-state index contributed by atoms with van der Waals surface area (Å²) in [5.74, 6) is -0.379. The molecule has 2 amide bonds. The summed E-state index contributed by atoms with van der Waals surface area (Å²) in [7, 11) is 0. The maximum Gasteiger partial charge on any atom is 0.248 e. The molecule has 0 aliphatic heterocycles. The summed E-state index contributed by atoms with van der Waals surface area (Å²) in [4.78, 5) is 23.1. The Bertz CT molecular complexity index is 720. The van der Waals surface area contributed by atoms with Crippen LogP contribution in [0.1, 0.15) is 10.4 Å². The van der Waals surface area contributed by atoms with E-state index in [0.717, 1.165) is 17.8 Å². The highest BCUT2D eigenvalue weighted by Crippen LogP contribution is 2.22. The van der Waals surface area contributed by atoms with Crippen LogP contribution in [-0.4, -0.2) is 12.3 Å². The van der Waals surface area contributed by atoms with Crippen molar-refractivity contribution in [3.8, 4) is 0 Å². The van der Waals surface area contributed by atoms with E-state index in [2.05, 4.69) is 0 Å². The fraction of sp³-hybridized carbons (Fsp3) is 0. The van der Waals surface area contributed by atoms with E-state index in [1.54, 1.807) is 29.2 Å². The number of hydrogen-bond acceptors (Lipinski definition) is 2. The summed E-state index contributed by atoms with van der Waals surface area (Å²) in [6.45, 7) is 0. The first-order valence-electron chi connectivity index (χ1n) is 7.42. The molecule has 0 aliphatic carbocycles. The predicted molar refractivity (Wildman–Crippen MR) is 96.0 cm³/mol.